The fourth-order valence-corrected chi connectivity index (χ4v) is 3.00. The van der Waals surface area contributed by atoms with Gasteiger partial charge in [0, 0.05) is 31.9 Å². The fourth-order valence-electron chi connectivity index (χ4n) is 3.00. The first-order chi connectivity index (χ1) is 12.7. The van der Waals surface area contributed by atoms with E-state index in [9.17, 15) is 0 Å². The number of anilines is 1. The topological polar surface area (TPSA) is 43.0 Å². The van der Waals surface area contributed by atoms with Crippen LogP contribution in [0.5, 0.6) is 17.2 Å². The van der Waals surface area contributed by atoms with Gasteiger partial charge >= 0.3 is 0 Å². The number of hydrogen-bond donors (Lipinski definition) is 1. The molecule has 2 aromatic carbocycles. The molecule has 0 spiro atoms. The minimum atomic E-state index is 0.616. The van der Waals surface area contributed by atoms with Crippen LogP contribution in [0.25, 0.3) is 0 Å². The van der Waals surface area contributed by atoms with Crippen LogP contribution >= 0.6 is 0 Å². The smallest absolute Gasteiger partial charge is 0.203 e. The first kappa shape index (κ1) is 19.9. The molecule has 26 heavy (non-hydrogen) atoms. The highest BCUT2D eigenvalue weighted by Crippen LogP contribution is 2.38. The Morgan fingerprint density at radius 1 is 0.769 bits per heavy atom. The number of benzene rings is 2. The molecule has 0 atom stereocenters. The lowest BCUT2D eigenvalue weighted by atomic mass is 10.1. The Labute approximate surface area is 156 Å². The van der Waals surface area contributed by atoms with Gasteiger partial charge in [0.2, 0.25) is 5.75 Å². The highest BCUT2D eigenvalue weighted by Gasteiger charge is 2.12. The molecule has 0 aliphatic carbocycles. The lowest BCUT2D eigenvalue weighted by Gasteiger charge is -2.21. The van der Waals surface area contributed by atoms with Crippen molar-refractivity contribution in [2.45, 2.75) is 26.9 Å². The number of rotatable bonds is 10. The summed E-state index contributed by atoms with van der Waals surface area (Å²) in [4.78, 5) is 2.34. The Morgan fingerprint density at radius 3 is 1.77 bits per heavy atom. The molecule has 0 aromatic heterocycles. The third kappa shape index (κ3) is 4.82. The van der Waals surface area contributed by atoms with Crippen molar-refractivity contribution in [2.24, 2.45) is 0 Å². The largest absolute Gasteiger partial charge is 0.493 e. The number of nitrogens with zero attached hydrogens (tertiary/aromatic N) is 1. The molecule has 0 heterocycles. The number of ether oxygens (including phenoxy) is 3. The molecule has 0 bridgehead atoms. The molecule has 0 aliphatic rings. The summed E-state index contributed by atoms with van der Waals surface area (Å²) >= 11 is 0. The Bertz CT molecular complexity index is 657. The van der Waals surface area contributed by atoms with Crippen LogP contribution in [-0.4, -0.2) is 34.4 Å². The highest BCUT2D eigenvalue weighted by molar-refractivity contribution is 5.53. The third-order valence-corrected chi connectivity index (χ3v) is 4.45. The van der Waals surface area contributed by atoms with Crippen LogP contribution in [0.2, 0.25) is 0 Å². The van der Waals surface area contributed by atoms with Gasteiger partial charge in [-0.25, -0.2) is 0 Å². The summed E-state index contributed by atoms with van der Waals surface area (Å²) in [5, 5.41) is 3.47. The van der Waals surface area contributed by atoms with E-state index < -0.39 is 0 Å². The molecule has 0 fully saturated rings. The maximum Gasteiger partial charge on any atom is 0.203 e. The van der Waals surface area contributed by atoms with Crippen LogP contribution in [0.15, 0.2) is 36.4 Å². The molecule has 0 unspecified atom stereocenters. The minimum Gasteiger partial charge on any atom is -0.493 e. The van der Waals surface area contributed by atoms with Crippen molar-refractivity contribution in [3.05, 3.63) is 47.5 Å². The minimum absolute atomic E-state index is 0.616. The van der Waals surface area contributed by atoms with Gasteiger partial charge in [0.1, 0.15) is 0 Å². The van der Waals surface area contributed by atoms with Gasteiger partial charge in [0.25, 0.3) is 0 Å². The average molecular weight is 358 g/mol. The zero-order chi connectivity index (χ0) is 18.9. The monoisotopic (exact) mass is 358 g/mol. The van der Waals surface area contributed by atoms with Gasteiger partial charge in [-0.2, -0.15) is 0 Å². The molecule has 5 heteroatoms. The van der Waals surface area contributed by atoms with Crippen molar-refractivity contribution >= 4 is 5.69 Å². The van der Waals surface area contributed by atoms with Crippen LogP contribution in [-0.2, 0) is 13.1 Å². The van der Waals surface area contributed by atoms with E-state index in [2.05, 4.69) is 48.3 Å². The molecular weight excluding hydrogens is 328 g/mol. The first-order valence-corrected chi connectivity index (χ1v) is 9.00. The third-order valence-electron chi connectivity index (χ3n) is 4.45. The average Bonchev–Trinajstić information content (AvgIpc) is 2.69. The lowest BCUT2D eigenvalue weighted by Crippen LogP contribution is -2.21. The van der Waals surface area contributed by atoms with Gasteiger partial charge in [-0.15, -0.1) is 0 Å². The lowest BCUT2D eigenvalue weighted by molar-refractivity contribution is 0.323. The van der Waals surface area contributed by atoms with Crippen LogP contribution in [0.4, 0.5) is 5.69 Å². The van der Waals surface area contributed by atoms with Gasteiger partial charge in [-0.1, -0.05) is 12.1 Å². The zero-order valence-electron chi connectivity index (χ0n) is 16.5. The maximum absolute atomic E-state index is 5.40. The van der Waals surface area contributed by atoms with E-state index in [0.717, 1.165) is 25.2 Å². The second kappa shape index (κ2) is 9.92. The van der Waals surface area contributed by atoms with Crippen LogP contribution in [0.1, 0.15) is 25.0 Å². The van der Waals surface area contributed by atoms with Crippen molar-refractivity contribution in [1.82, 2.24) is 5.32 Å². The second-order valence-electron chi connectivity index (χ2n) is 5.98. The van der Waals surface area contributed by atoms with Crippen molar-refractivity contribution in [3.8, 4) is 17.2 Å². The molecule has 0 radical (unpaired) electrons. The predicted molar refractivity (Wildman–Crippen MR) is 107 cm³/mol. The summed E-state index contributed by atoms with van der Waals surface area (Å²) in [6, 6.07) is 12.7. The van der Waals surface area contributed by atoms with Crippen LogP contribution in [0.3, 0.4) is 0 Å². The molecule has 0 saturated carbocycles. The predicted octanol–water partition coefficient (Wildman–Crippen LogP) is 3.85. The van der Waals surface area contributed by atoms with E-state index in [1.165, 1.54) is 11.3 Å². The molecule has 0 saturated heterocycles. The fraction of sp³-hybridized carbons (Fsp3) is 0.429. The molecule has 1 N–H and O–H groups in total. The van der Waals surface area contributed by atoms with E-state index >= 15 is 0 Å². The number of hydrogen-bond acceptors (Lipinski definition) is 5. The van der Waals surface area contributed by atoms with Crippen molar-refractivity contribution in [1.29, 1.82) is 0 Å². The quantitative estimate of drug-likeness (QED) is 0.699. The van der Waals surface area contributed by atoms with Crippen molar-refractivity contribution in [2.75, 3.05) is 39.3 Å². The van der Waals surface area contributed by atoms with E-state index in [4.69, 9.17) is 14.2 Å². The Morgan fingerprint density at radius 2 is 1.31 bits per heavy atom. The highest BCUT2D eigenvalue weighted by atomic mass is 16.5. The van der Waals surface area contributed by atoms with Gasteiger partial charge in [-0.3, -0.25) is 0 Å². The van der Waals surface area contributed by atoms with Crippen molar-refractivity contribution in [3.63, 3.8) is 0 Å². The Balaban J connectivity index is 1.99. The Kier molecular flexibility index (Phi) is 7.60. The molecule has 142 valence electrons. The Hall–Kier alpha value is -2.40. The number of methoxy groups -OCH3 is 3. The van der Waals surface area contributed by atoms with Gasteiger partial charge in [0.15, 0.2) is 11.5 Å². The molecule has 2 rings (SSSR count). The van der Waals surface area contributed by atoms with Crippen LogP contribution in [0, 0.1) is 0 Å². The molecule has 0 amide bonds. The van der Waals surface area contributed by atoms with Gasteiger partial charge in [-0.05, 0) is 49.2 Å². The summed E-state index contributed by atoms with van der Waals surface area (Å²) in [5.41, 5.74) is 3.61. The molecule has 0 aliphatic heterocycles. The van der Waals surface area contributed by atoms with Crippen LogP contribution < -0.4 is 24.4 Å². The maximum atomic E-state index is 5.40. The van der Waals surface area contributed by atoms with Gasteiger partial charge < -0.3 is 24.4 Å². The molecule has 2 aromatic rings. The van der Waals surface area contributed by atoms with E-state index in [-0.39, 0.29) is 0 Å². The summed E-state index contributed by atoms with van der Waals surface area (Å²) in [6.07, 6.45) is 0. The normalized spacial score (nSPS) is 10.5. The van der Waals surface area contributed by atoms with E-state index in [1.54, 1.807) is 21.3 Å². The summed E-state index contributed by atoms with van der Waals surface area (Å²) in [6.45, 7) is 7.92. The number of nitrogens with one attached hydrogen (secondary N) is 1. The van der Waals surface area contributed by atoms with E-state index in [1.807, 2.05) is 12.1 Å². The van der Waals surface area contributed by atoms with E-state index in [0.29, 0.717) is 23.8 Å². The van der Waals surface area contributed by atoms with Crippen molar-refractivity contribution < 1.29 is 14.2 Å². The summed E-state index contributed by atoms with van der Waals surface area (Å²) < 4.78 is 16.2. The zero-order valence-corrected chi connectivity index (χ0v) is 16.5. The SMILES string of the molecule is CCN(CC)c1ccc(CNCc2cc(OC)c(OC)c(OC)c2)cc1. The van der Waals surface area contributed by atoms with Gasteiger partial charge in [0.05, 0.1) is 21.3 Å². The summed E-state index contributed by atoms with van der Waals surface area (Å²) in [7, 11) is 4.87. The first-order valence-electron chi connectivity index (χ1n) is 9.00. The molecule has 5 nitrogen and oxygen atoms in total. The molecular formula is C21H30N2O3. The second-order valence-corrected chi connectivity index (χ2v) is 5.98. The summed E-state index contributed by atoms with van der Waals surface area (Å²) in [5.74, 6) is 1.96. The standard InChI is InChI=1S/C21H30N2O3/c1-6-23(7-2)18-10-8-16(9-11-18)14-22-15-17-12-19(24-3)21(26-5)20(13-17)25-4/h8-13,22H,6-7,14-15H2,1-5H3.